The maximum Gasteiger partial charge on any atom is 0.315 e. The van der Waals surface area contributed by atoms with Crippen molar-refractivity contribution in [3.8, 4) is 0 Å². The van der Waals surface area contributed by atoms with Crippen LogP contribution in [0.2, 0.25) is 0 Å². The van der Waals surface area contributed by atoms with Gasteiger partial charge in [-0.1, -0.05) is 12.5 Å². The molecule has 1 atom stereocenters. The van der Waals surface area contributed by atoms with Gasteiger partial charge in [0.25, 0.3) is 0 Å². The normalized spacial score (nSPS) is 17.4. The van der Waals surface area contributed by atoms with Crippen LogP contribution in [0.1, 0.15) is 44.3 Å². The summed E-state index contributed by atoms with van der Waals surface area (Å²) in [5, 5.41) is 14.5. The molecular weight excluding hydrogens is 270 g/mol. The van der Waals surface area contributed by atoms with E-state index in [2.05, 4.69) is 15.6 Å². The van der Waals surface area contributed by atoms with Crippen LogP contribution in [0, 0.1) is 5.41 Å². The number of aromatic nitrogens is 1. The van der Waals surface area contributed by atoms with E-state index in [1.165, 1.54) is 0 Å². The standard InChI is InChI=1S/C15H21N3O3/c1-11(12-5-2-3-8-16-12)18-14(21)17-10-15(6-4-7-15)9-13(19)20/h2-3,5,8,11H,4,6-7,9-10H2,1H3,(H,19,20)(H2,17,18,21). The van der Waals surface area contributed by atoms with Crippen LogP contribution in [-0.4, -0.2) is 28.6 Å². The number of aliphatic carboxylic acids is 1. The minimum Gasteiger partial charge on any atom is -0.481 e. The molecule has 114 valence electrons. The maximum atomic E-state index is 11.9. The Hall–Kier alpha value is -2.11. The Kier molecular flexibility index (Phi) is 4.77. The van der Waals surface area contributed by atoms with E-state index in [4.69, 9.17) is 5.11 Å². The van der Waals surface area contributed by atoms with Crippen LogP contribution in [0.5, 0.6) is 0 Å². The molecule has 21 heavy (non-hydrogen) atoms. The molecule has 0 aromatic carbocycles. The number of urea groups is 1. The number of carbonyl (C=O) groups is 2. The Morgan fingerprint density at radius 3 is 2.71 bits per heavy atom. The number of carboxylic acid groups (broad SMARTS) is 1. The first-order valence-electron chi connectivity index (χ1n) is 7.18. The van der Waals surface area contributed by atoms with E-state index in [1.807, 2.05) is 25.1 Å². The van der Waals surface area contributed by atoms with Gasteiger partial charge in [-0.25, -0.2) is 4.79 Å². The predicted octanol–water partition coefficient (Wildman–Crippen LogP) is 2.09. The molecule has 1 aromatic heterocycles. The van der Waals surface area contributed by atoms with Crippen LogP contribution in [0.4, 0.5) is 4.79 Å². The van der Waals surface area contributed by atoms with Gasteiger partial charge >= 0.3 is 12.0 Å². The fourth-order valence-electron chi connectivity index (χ4n) is 2.64. The molecule has 1 fully saturated rings. The lowest BCUT2D eigenvalue weighted by molar-refractivity contribution is -0.141. The quantitative estimate of drug-likeness (QED) is 0.748. The van der Waals surface area contributed by atoms with Gasteiger partial charge in [-0.05, 0) is 37.3 Å². The highest BCUT2D eigenvalue weighted by molar-refractivity contribution is 5.74. The van der Waals surface area contributed by atoms with E-state index in [0.717, 1.165) is 25.0 Å². The topological polar surface area (TPSA) is 91.3 Å². The third-order valence-electron chi connectivity index (χ3n) is 4.04. The van der Waals surface area contributed by atoms with Gasteiger partial charge in [0.1, 0.15) is 0 Å². The van der Waals surface area contributed by atoms with E-state index in [0.29, 0.717) is 6.54 Å². The van der Waals surface area contributed by atoms with Crippen molar-refractivity contribution in [3.63, 3.8) is 0 Å². The van der Waals surface area contributed by atoms with E-state index in [9.17, 15) is 9.59 Å². The molecule has 2 rings (SSSR count). The number of rotatable bonds is 6. The first kappa shape index (κ1) is 15.3. The summed E-state index contributed by atoms with van der Waals surface area (Å²) < 4.78 is 0. The van der Waals surface area contributed by atoms with E-state index in [1.54, 1.807) is 6.20 Å². The van der Waals surface area contributed by atoms with Crippen molar-refractivity contribution in [2.24, 2.45) is 5.41 Å². The lowest BCUT2D eigenvalue weighted by Gasteiger charge is -2.40. The molecule has 1 aliphatic rings. The molecule has 0 bridgehead atoms. The van der Waals surface area contributed by atoms with Crippen molar-refractivity contribution in [1.29, 1.82) is 0 Å². The van der Waals surface area contributed by atoms with E-state index < -0.39 is 5.97 Å². The zero-order valence-electron chi connectivity index (χ0n) is 12.1. The number of carbonyl (C=O) groups excluding carboxylic acids is 1. The third-order valence-corrected chi connectivity index (χ3v) is 4.04. The molecule has 1 aromatic rings. The number of hydrogen-bond acceptors (Lipinski definition) is 3. The van der Waals surface area contributed by atoms with Crippen molar-refractivity contribution in [2.45, 2.75) is 38.6 Å². The Balaban J connectivity index is 1.81. The summed E-state index contributed by atoms with van der Waals surface area (Å²) in [4.78, 5) is 27.0. The number of nitrogens with one attached hydrogen (secondary N) is 2. The lowest BCUT2D eigenvalue weighted by atomic mass is 9.66. The molecule has 0 aliphatic heterocycles. The van der Waals surface area contributed by atoms with Crippen molar-refractivity contribution in [2.75, 3.05) is 6.54 Å². The van der Waals surface area contributed by atoms with Crippen molar-refractivity contribution >= 4 is 12.0 Å². The highest BCUT2D eigenvalue weighted by Gasteiger charge is 2.39. The second-order valence-electron chi connectivity index (χ2n) is 5.73. The van der Waals surface area contributed by atoms with E-state index in [-0.39, 0.29) is 23.9 Å². The molecule has 6 heteroatoms. The summed E-state index contributed by atoms with van der Waals surface area (Å²) in [6, 6.07) is 5.06. The Bertz CT molecular complexity index is 500. The van der Waals surface area contributed by atoms with Crippen LogP contribution in [0.3, 0.4) is 0 Å². The lowest BCUT2D eigenvalue weighted by Crippen LogP contribution is -2.47. The molecule has 1 heterocycles. The molecule has 1 unspecified atom stereocenters. The summed E-state index contributed by atoms with van der Waals surface area (Å²) in [6.07, 6.45) is 4.54. The zero-order valence-corrected chi connectivity index (χ0v) is 12.1. The largest absolute Gasteiger partial charge is 0.481 e. The van der Waals surface area contributed by atoms with Gasteiger partial charge in [0.2, 0.25) is 0 Å². The zero-order chi connectivity index (χ0) is 15.3. The highest BCUT2D eigenvalue weighted by atomic mass is 16.4. The number of carboxylic acids is 1. The van der Waals surface area contributed by atoms with Crippen molar-refractivity contribution in [1.82, 2.24) is 15.6 Å². The average molecular weight is 291 g/mol. The monoisotopic (exact) mass is 291 g/mol. The predicted molar refractivity (Wildman–Crippen MR) is 77.7 cm³/mol. The Morgan fingerprint density at radius 1 is 1.43 bits per heavy atom. The number of nitrogens with zero attached hydrogens (tertiary/aromatic N) is 1. The summed E-state index contributed by atoms with van der Waals surface area (Å²) in [5.74, 6) is -0.807. The Labute approximate surface area is 124 Å². The van der Waals surface area contributed by atoms with Gasteiger partial charge in [0, 0.05) is 12.7 Å². The van der Waals surface area contributed by atoms with Crippen molar-refractivity contribution < 1.29 is 14.7 Å². The second-order valence-corrected chi connectivity index (χ2v) is 5.73. The summed E-state index contributed by atoms with van der Waals surface area (Å²) in [7, 11) is 0. The van der Waals surface area contributed by atoms with Crippen molar-refractivity contribution in [3.05, 3.63) is 30.1 Å². The molecule has 6 nitrogen and oxygen atoms in total. The van der Waals surface area contributed by atoms with Crippen LogP contribution >= 0.6 is 0 Å². The average Bonchev–Trinajstić information content (AvgIpc) is 2.42. The summed E-state index contributed by atoms with van der Waals surface area (Å²) in [5.41, 5.74) is 0.522. The maximum absolute atomic E-state index is 11.9. The molecule has 1 aliphatic carbocycles. The molecule has 0 radical (unpaired) electrons. The molecule has 1 saturated carbocycles. The molecule has 0 spiro atoms. The minimum absolute atomic E-state index is 0.114. The molecule has 3 N–H and O–H groups in total. The molecular formula is C15H21N3O3. The van der Waals surface area contributed by atoms with Gasteiger partial charge < -0.3 is 15.7 Å². The first-order chi connectivity index (χ1) is 10.0. The van der Waals surface area contributed by atoms with E-state index >= 15 is 0 Å². The molecule has 2 amide bonds. The first-order valence-corrected chi connectivity index (χ1v) is 7.18. The van der Waals surface area contributed by atoms with Gasteiger partial charge in [0.05, 0.1) is 18.2 Å². The fraction of sp³-hybridized carbons (Fsp3) is 0.533. The highest BCUT2D eigenvalue weighted by Crippen LogP contribution is 2.43. The molecule has 0 saturated heterocycles. The van der Waals surface area contributed by atoms with Gasteiger partial charge in [-0.3, -0.25) is 9.78 Å². The fourth-order valence-corrected chi connectivity index (χ4v) is 2.64. The third kappa shape index (κ3) is 4.18. The summed E-state index contributed by atoms with van der Waals surface area (Å²) >= 11 is 0. The van der Waals surface area contributed by atoms with Crippen LogP contribution in [-0.2, 0) is 4.79 Å². The minimum atomic E-state index is -0.807. The Morgan fingerprint density at radius 2 is 2.19 bits per heavy atom. The van der Waals surface area contributed by atoms with Crippen LogP contribution in [0.25, 0.3) is 0 Å². The number of hydrogen-bond donors (Lipinski definition) is 3. The second kappa shape index (κ2) is 6.56. The summed E-state index contributed by atoms with van der Waals surface area (Å²) in [6.45, 7) is 2.26. The number of pyridine rings is 1. The SMILES string of the molecule is CC(NC(=O)NCC1(CC(=O)O)CCC1)c1ccccn1. The van der Waals surface area contributed by atoms with Gasteiger partial charge in [0.15, 0.2) is 0 Å². The van der Waals surface area contributed by atoms with Gasteiger partial charge in [-0.2, -0.15) is 0 Å². The number of amides is 2. The van der Waals surface area contributed by atoms with Crippen LogP contribution < -0.4 is 10.6 Å². The van der Waals surface area contributed by atoms with Gasteiger partial charge in [-0.15, -0.1) is 0 Å². The van der Waals surface area contributed by atoms with Crippen LogP contribution in [0.15, 0.2) is 24.4 Å². The smallest absolute Gasteiger partial charge is 0.315 e.